The average Bonchev–Trinajstić information content (AvgIpc) is 3.05. The van der Waals surface area contributed by atoms with E-state index in [1.54, 1.807) is 17.0 Å². The van der Waals surface area contributed by atoms with Crippen LogP contribution in [0.2, 0.25) is 0 Å². The molecule has 6 heteroatoms. The molecule has 2 aromatic carbocycles. The third-order valence-electron chi connectivity index (χ3n) is 4.37. The summed E-state index contributed by atoms with van der Waals surface area (Å²) in [5.41, 5.74) is 1.44. The molecule has 0 radical (unpaired) electrons. The van der Waals surface area contributed by atoms with E-state index in [9.17, 15) is 9.59 Å². The van der Waals surface area contributed by atoms with Crippen molar-refractivity contribution in [3.8, 4) is 11.5 Å². The summed E-state index contributed by atoms with van der Waals surface area (Å²) in [6.45, 7) is 5.35. The van der Waals surface area contributed by atoms with E-state index < -0.39 is 0 Å². The van der Waals surface area contributed by atoms with Gasteiger partial charge < -0.3 is 19.7 Å². The van der Waals surface area contributed by atoms with Crippen LogP contribution in [0, 0.1) is 5.92 Å². The van der Waals surface area contributed by atoms with Gasteiger partial charge >= 0.3 is 0 Å². The zero-order valence-electron chi connectivity index (χ0n) is 15.6. The minimum Gasteiger partial charge on any atom is -0.494 e. The van der Waals surface area contributed by atoms with Gasteiger partial charge in [-0.25, -0.2) is 0 Å². The maximum absolute atomic E-state index is 12.6. The Morgan fingerprint density at radius 2 is 1.78 bits per heavy atom. The van der Waals surface area contributed by atoms with Crippen LogP contribution in [-0.2, 0) is 9.59 Å². The number of carbonyl (C=O) groups is 2. The zero-order valence-corrected chi connectivity index (χ0v) is 15.6. The summed E-state index contributed by atoms with van der Waals surface area (Å²) < 4.78 is 10.9. The van der Waals surface area contributed by atoms with Crippen LogP contribution in [0.25, 0.3) is 0 Å². The zero-order chi connectivity index (χ0) is 19.2. The fourth-order valence-electron chi connectivity index (χ4n) is 3.10. The van der Waals surface area contributed by atoms with Gasteiger partial charge in [0.2, 0.25) is 11.8 Å². The van der Waals surface area contributed by atoms with Crippen LogP contribution < -0.4 is 19.7 Å². The monoisotopic (exact) mass is 368 g/mol. The molecule has 0 spiro atoms. The molecule has 1 heterocycles. The van der Waals surface area contributed by atoms with E-state index in [4.69, 9.17) is 9.47 Å². The Labute approximate surface area is 159 Å². The lowest BCUT2D eigenvalue weighted by molar-refractivity contribution is -0.122. The van der Waals surface area contributed by atoms with Crippen LogP contribution in [0.4, 0.5) is 11.4 Å². The molecule has 2 amide bonds. The van der Waals surface area contributed by atoms with Crippen molar-refractivity contribution in [2.45, 2.75) is 20.3 Å². The molecule has 1 atom stereocenters. The largest absolute Gasteiger partial charge is 0.494 e. The number of hydrogen-bond acceptors (Lipinski definition) is 4. The van der Waals surface area contributed by atoms with E-state index in [0.717, 1.165) is 11.4 Å². The van der Waals surface area contributed by atoms with Crippen molar-refractivity contribution >= 4 is 23.2 Å². The highest BCUT2D eigenvalue weighted by molar-refractivity contribution is 6.03. The summed E-state index contributed by atoms with van der Waals surface area (Å²) in [6, 6.07) is 14.6. The lowest BCUT2D eigenvalue weighted by Gasteiger charge is -2.17. The Morgan fingerprint density at radius 1 is 1.07 bits per heavy atom. The van der Waals surface area contributed by atoms with Gasteiger partial charge in [0.1, 0.15) is 11.5 Å². The summed E-state index contributed by atoms with van der Waals surface area (Å²) >= 11 is 0. The molecule has 0 saturated carbocycles. The lowest BCUT2D eigenvalue weighted by atomic mass is 10.1. The minimum atomic E-state index is -0.389. The van der Waals surface area contributed by atoms with Gasteiger partial charge in [0.05, 0.1) is 19.1 Å². The smallest absolute Gasteiger partial charge is 0.229 e. The van der Waals surface area contributed by atoms with E-state index in [1.165, 1.54) is 0 Å². The molecule has 142 valence electrons. The Kier molecular flexibility index (Phi) is 5.96. The van der Waals surface area contributed by atoms with Crippen molar-refractivity contribution in [2.75, 3.05) is 30.0 Å². The molecule has 1 saturated heterocycles. The highest BCUT2D eigenvalue weighted by atomic mass is 16.5. The molecule has 0 unspecified atom stereocenters. The second-order valence-electron chi connectivity index (χ2n) is 6.28. The lowest BCUT2D eigenvalue weighted by Crippen LogP contribution is -2.28. The molecule has 0 aromatic heterocycles. The van der Waals surface area contributed by atoms with Crippen molar-refractivity contribution < 1.29 is 19.1 Å². The normalized spacial score (nSPS) is 16.3. The molecule has 0 bridgehead atoms. The van der Waals surface area contributed by atoms with Gasteiger partial charge in [0.15, 0.2) is 0 Å². The Balaban J connectivity index is 1.64. The highest BCUT2D eigenvalue weighted by Crippen LogP contribution is 2.28. The van der Waals surface area contributed by atoms with Crippen molar-refractivity contribution in [3.63, 3.8) is 0 Å². The molecule has 1 fully saturated rings. The van der Waals surface area contributed by atoms with Gasteiger partial charge in [-0.05, 0) is 50.2 Å². The first kappa shape index (κ1) is 18.8. The van der Waals surface area contributed by atoms with Crippen LogP contribution in [-0.4, -0.2) is 31.6 Å². The average molecular weight is 368 g/mol. The topological polar surface area (TPSA) is 67.9 Å². The van der Waals surface area contributed by atoms with Crippen molar-refractivity contribution in [1.29, 1.82) is 0 Å². The quantitative estimate of drug-likeness (QED) is 0.812. The summed E-state index contributed by atoms with van der Waals surface area (Å²) in [7, 11) is 0. The number of nitrogens with one attached hydrogen (secondary N) is 1. The molecule has 0 aliphatic carbocycles. The Morgan fingerprint density at radius 3 is 2.48 bits per heavy atom. The summed E-state index contributed by atoms with van der Waals surface area (Å²) in [4.78, 5) is 26.6. The number of carbonyl (C=O) groups excluding carboxylic acids is 2. The first-order valence-corrected chi connectivity index (χ1v) is 9.17. The van der Waals surface area contributed by atoms with E-state index in [1.807, 2.05) is 50.2 Å². The molecule has 1 N–H and O–H groups in total. The van der Waals surface area contributed by atoms with Crippen LogP contribution >= 0.6 is 0 Å². The molecule has 27 heavy (non-hydrogen) atoms. The van der Waals surface area contributed by atoms with Crippen LogP contribution in [0.1, 0.15) is 20.3 Å². The van der Waals surface area contributed by atoms with E-state index >= 15 is 0 Å². The minimum absolute atomic E-state index is 0.0534. The third kappa shape index (κ3) is 4.58. The molecular formula is C21H24N2O4. The Bertz CT molecular complexity index is 804. The molecular weight excluding hydrogens is 344 g/mol. The van der Waals surface area contributed by atoms with Crippen molar-refractivity contribution in [2.24, 2.45) is 5.92 Å². The van der Waals surface area contributed by atoms with Gasteiger partial charge in [-0.1, -0.05) is 6.07 Å². The highest BCUT2D eigenvalue weighted by Gasteiger charge is 2.35. The fourth-order valence-corrected chi connectivity index (χ4v) is 3.10. The second kappa shape index (κ2) is 8.58. The fraction of sp³-hybridized carbons (Fsp3) is 0.333. The van der Waals surface area contributed by atoms with Crippen LogP contribution in [0.15, 0.2) is 48.5 Å². The SMILES string of the molecule is CCOc1ccc(N2C[C@H](C(=O)Nc3cccc(OCC)c3)CC2=O)cc1. The molecule has 2 aromatic rings. The van der Waals surface area contributed by atoms with Gasteiger partial charge in [-0.15, -0.1) is 0 Å². The number of benzene rings is 2. The molecule has 3 rings (SSSR count). The molecule has 1 aliphatic rings. The van der Waals surface area contributed by atoms with Gasteiger partial charge in [-0.3, -0.25) is 9.59 Å². The maximum Gasteiger partial charge on any atom is 0.229 e. The van der Waals surface area contributed by atoms with Gasteiger partial charge in [0.25, 0.3) is 0 Å². The number of anilines is 2. The number of hydrogen-bond donors (Lipinski definition) is 1. The number of nitrogens with zero attached hydrogens (tertiary/aromatic N) is 1. The second-order valence-corrected chi connectivity index (χ2v) is 6.28. The van der Waals surface area contributed by atoms with Crippen molar-refractivity contribution in [3.05, 3.63) is 48.5 Å². The predicted molar refractivity (Wildman–Crippen MR) is 104 cm³/mol. The predicted octanol–water partition coefficient (Wildman–Crippen LogP) is 3.48. The molecule has 6 nitrogen and oxygen atoms in total. The summed E-state index contributed by atoms with van der Waals surface area (Å²) in [6.07, 6.45) is 0.199. The van der Waals surface area contributed by atoms with E-state index in [-0.39, 0.29) is 24.2 Å². The van der Waals surface area contributed by atoms with E-state index in [2.05, 4.69) is 5.32 Å². The third-order valence-corrected chi connectivity index (χ3v) is 4.37. The van der Waals surface area contributed by atoms with Gasteiger partial charge in [0, 0.05) is 30.4 Å². The maximum atomic E-state index is 12.6. The summed E-state index contributed by atoms with van der Waals surface area (Å²) in [5.74, 6) is 0.859. The standard InChI is InChI=1S/C21H24N2O4/c1-3-26-18-10-8-17(9-11-18)23-14-15(12-20(23)24)21(25)22-16-6-5-7-19(13-16)27-4-2/h5-11,13,15H,3-4,12,14H2,1-2H3,(H,22,25)/t15-/m1/s1. The Hall–Kier alpha value is -3.02. The first-order chi connectivity index (χ1) is 13.1. The number of ether oxygens (including phenoxy) is 2. The van der Waals surface area contributed by atoms with E-state index in [0.29, 0.717) is 31.2 Å². The van der Waals surface area contributed by atoms with Crippen LogP contribution in [0.5, 0.6) is 11.5 Å². The van der Waals surface area contributed by atoms with Gasteiger partial charge in [-0.2, -0.15) is 0 Å². The number of amides is 2. The van der Waals surface area contributed by atoms with Crippen molar-refractivity contribution in [1.82, 2.24) is 0 Å². The van der Waals surface area contributed by atoms with Crippen LogP contribution in [0.3, 0.4) is 0 Å². The summed E-state index contributed by atoms with van der Waals surface area (Å²) in [5, 5.41) is 2.88. The first-order valence-electron chi connectivity index (χ1n) is 9.17. The number of rotatable bonds is 7. The molecule has 1 aliphatic heterocycles.